The number of aromatic nitrogens is 2. The van der Waals surface area contributed by atoms with Crippen molar-refractivity contribution in [3.63, 3.8) is 0 Å². The number of aryl methyl sites for hydroxylation is 4. The molecule has 0 aliphatic heterocycles. The van der Waals surface area contributed by atoms with E-state index in [1.807, 2.05) is 38.3 Å². The third kappa shape index (κ3) is 1.84. The average molecular weight is 229 g/mol. The molecule has 0 bridgehead atoms. The Kier molecular flexibility index (Phi) is 2.76. The first-order valence-electron chi connectivity index (χ1n) is 5.53. The summed E-state index contributed by atoms with van der Waals surface area (Å²) in [6, 6.07) is 4.27. The second-order valence-corrected chi connectivity index (χ2v) is 4.32. The standard InChI is InChI=1S/C13H15N3O/c1-8-5-9(2)16(13(8)6-14)7-12-10(3)15-17-11(12)4/h5H,7H2,1-4H3. The molecule has 0 radical (unpaired) electrons. The maximum Gasteiger partial charge on any atom is 0.138 e. The Labute approximate surface area is 100 Å². The molecular formula is C13H15N3O. The fraction of sp³-hybridized carbons (Fsp3) is 0.385. The van der Waals surface area contributed by atoms with Gasteiger partial charge in [0, 0.05) is 11.3 Å². The van der Waals surface area contributed by atoms with Crippen molar-refractivity contribution in [3.05, 3.63) is 40.0 Å². The zero-order chi connectivity index (χ0) is 12.6. The summed E-state index contributed by atoms with van der Waals surface area (Å²) in [6.45, 7) is 8.42. The number of nitrogens with zero attached hydrogens (tertiary/aromatic N) is 3. The first kappa shape index (κ1) is 11.5. The zero-order valence-electron chi connectivity index (χ0n) is 10.5. The first-order chi connectivity index (χ1) is 8.04. The van der Waals surface area contributed by atoms with Gasteiger partial charge in [-0.25, -0.2) is 0 Å². The lowest BCUT2D eigenvalue weighted by atomic mass is 10.2. The maximum absolute atomic E-state index is 9.17. The molecule has 0 atom stereocenters. The molecule has 0 spiro atoms. The lowest BCUT2D eigenvalue weighted by Gasteiger charge is -2.07. The Morgan fingerprint density at radius 1 is 1.35 bits per heavy atom. The largest absolute Gasteiger partial charge is 0.361 e. The molecular weight excluding hydrogens is 214 g/mol. The lowest BCUT2D eigenvalue weighted by Crippen LogP contribution is -2.06. The normalized spacial score (nSPS) is 10.5. The molecule has 0 saturated carbocycles. The van der Waals surface area contributed by atoms with Gasteiger partial charge in [-0.05, 0) is 39.3 Å². The molecule has 0 amide bonds. The van der Waals surface area contributed by atoms with Crippen molar-refractivity contribution in [2.45, 2.75) is 34.2 Å². The quantitative estimate of drug-likeness (QED) is 0.795. The fourth-order valence-corrected chi connectivity index (χ4v) is 2.09. The van der Waals surface area contributed by atoms with E-state index in [0.29, 0.717) is 12.2 Å². The van der Waals surface area contributed by atoms with Gasteiger partial charge in [0.25, 0.3) is 0 Å². The molecule has 2 rings (SSSR count). The predicted molar refractivity (Wildman–Crippen MR) is 63.7 cm³/mol. The van der Waals surface area contributed by atoms with E-state index < -0.39 is 0 Å². The average Bonchev–Trinajstić information content (AvgIpc) is 2.73. The fourth-order valence-electron chi connectivity index (χ4n) is 2.09. The van der Waals surface area contributed by atoms with E-state index in [4.69, 9.17) is 9.78 Å². The highest BCUT2D eigenvalue weighted by Gasteiger charge is 2.14. The summed E-state index contributed by atoms with van der Waals surface area (Å²) in [6.07, 6.45) is 0. The van der Waals surface area contributed by atoms with Crippen LogP contribution < -0.4 is 0 Å². The van der Waals surface area contributed by atoms with Gasteiger partial charge < -0.3 is 9.09 Å². The van der Waals surface area contributed by atoms with Crippen LogP contribution in [0.15, 0.2) is 10.6 Å². The van der Waals surface area contributed by atoms with Crippen molar-refractivity contribution < 1.29 is 4.52 Å². The third-order valence-corrected chi connectivity index (χ3v) is 3.10. The maximum atomic E-state index is 9.17. The Morgan fingerprint density at radius 3 is 2.59 bits per heavy atom. The molecule has 0 N–H and O–H groups in total. The second kappa shape index (κ2) is 4.10. The summed E-state index contributed by atoms with van der Waals surface area (Å²) in [5.41, 5.74) is 4.75. The minimum absolute atomic E-state index is 0.643. The van der Waals surface area contributed by atoms with Crippen LogP contribution in [-0.2, 0) is 6.54 Å². The van der Waals surface area contributed by atoms with Gasteiger partial charge in [0.2, 0.25) is 0 Å². The highest BCUT2D eigenvalue weighted by molar-refractivity contribution is 5.37. The van der Waals surface area contributed by atoms with Crippen LogP contribution >= 0.6 is 0 Å². The summed E-state index contributed by atoms with van der Waals surface area (Å²) in [4.78, 5) is 0. The highest BCUT2D eigenvalue weighted by atomic mass is 16.5. The van der Waals surface area contributed by atoms with Crippen LogP contribution in [0.25, 0.3) is 0 Å². The van der Waals surface area contributed by atoms with Crippen molar-refractivity contribution in [2.75, 3.05) is 0 Å². The predicted octanol–water partition coefficient (Wildman–Crippen LogP) is 2.63. The van der Waals surface area contributed by atoms with Crippen molar-refractivity contribution in [3.8, 4) is 6.07 Å². The Hall–Kier alpha value is -2.02. The monoisotopic (exact) mass is 229 g/mol. The molecule has 2 aromatic heterocycles. The summed E-state index contributed by atoms with van der Waals surface area (Å²) in [5, 5.41) is 13.1. The van der Waals surface area contributed by atoms with Gasteiger partial charge in [-0.3, -0.25) is 0 Å². The lowest BCUT2D eigenvalue weighted by molar-refractivity contribution is 0.392. The van der Waals surface area contributed by atoms with Gasteiger partial charge in [0.15, 0.2) is 0 Å². The molecule has 0 saturated heterocycles. The van der Waals surface area contributed by atoms with Gasteiger partial charge in [0.05, 0.1) is 12.2 Å². The molecule has 88 valence electrons. The van der Waals surface area contributed by atoms with Crippen LogP contribution in [0, 0.1) is 39.0 Å². The number of hydrogen-bond donors (Lipinski definition) is 0. The Balaban J connectivity index is 2.47. The molecule has 17 heavy (non-hydrogen) atoms. The number of hydrogen-bond acceptors (Lipinski definition) is 3. The van der Waals surface area contributed by atoms with E-state index >= 15 is 0 Å². The van der Waals surface area contributed by atoms with Gasteiger partial charge in [0.1, 0.15) is 17.5 Å². The van der Waals surface area contributed by atoms with Crippen molar-refractivity contribution in [1.82, 2.24) is 9.72 Å². The molecule has 0 aromatic carbocycles. The molecule has 0 fully saturated rings. The molecule has 0 unspecified atom stereocenters. The van der Waals surface area contributed by atoms with Crippen LogP contribution in [0.3, 0.4) is 0 Å². The molecule has 4 nitrogen and oxygen atoms in total. The van der Waals surface area contributed by atoms with Crippen molar-refractivity contribution in [1.29, 1.82) is 5.26 Å². The van der Waals surface area contributed by atoms with Crippen LogP contribution in [0.5, 0.6) is 0 Å². The van der Waals surface area contributed by atoms with Gasteiger partial charge in [-0.15, -0.1) is 0 Å². The minimum Gasteiger partial charge on any atom is -0.361 e. The van der Waals surface area contributed by atoms with E-state index in [1.165, 1.54) is 0 Å². The molecule has 4 heteroatoms. The summed E-state index contributed by atoms with van der Waals surface area (Å²) < 4.78 is 7.14. The minimum atomic E-state index is 0.643. The SMILES string of the molecule is Cc1cc(C)n(Cc2c(C)noc2C)c1C#N. The molecule has 0 aliphatic carbocycles. The number of nitriles is 1. The smallest absolute Gasteiger partial charge is 0.138 e. The molecule has 2 aromatic rings. The second-order valence-electron chi connectivity index (χ2n) is 4.32. The van der Waals surface area contributed by atoms with E-state index in [1.54, 1.807) is 0 Å². The van der Waals surface area contributed by atoms with Gasteiger partial charge in [-0.2, -0.15) is 5.26 Å². The summed E-state index contributed by atoms with van der Waals surface area (Å²) >= 11 is 0. The Bertz CT molecular complexity index is 579. The van der Waals surface area contributed by atoms with Crippen LogP contribution in [0.2, 0.25) is 0 Å². The number of rotatable bonds is 2. The van der Waals surface area contributed by atoms with Gasteiger partial charge >= 0.3 is 0 Å². The van der Waals surface area contributed by atoms with Crippen LogP contribution in [0.4, 0.5) is 0 Å². The van der Waals surface area contributed by atoms with Gasteiger partial charge in [-0.1, -0.05) is 5.16 Å². The van der Waals surface area contributed by atoms with E-state index in [2.05, 4.69) is 11.2 Å². The van der Waals surface area contributed by atoms with E-state index in [-0.39, 0.29) is 0 Å². The molecule has 2 heterocycles. The van der Waals surface area contributed by atoms with Crippen molar-refractivity contribution >= 4 is 0 Å². The van der Waals surface area contributed by atoms with Crippen LogP contribution in [-0.4, -0.2) is 9.72 Å². The Morgan fingerprint density at radius 2 is 2.06 bits per heavy atom. The van der Waals surface area contributed by atoms with E-state index in [0.717, 1.165) is 28.3 Å². The zero-order valence-corrected chi connectivity index (χ0v) is 10.5. The summed E-state index contributed by atoms with van der Waals surface area (Å²) in [7, 11) is 0. The third-order valence-electron chi connectivity index (χ3n) is 3.10. The first-order valence-corrected chi connectivity index (χ1v) is 5.53. The van der Waals surface area contributed by atoms with Crippen LogP contribution in [0.1, 0.15) is 34.0 Å². The highest BCUT2D eigenvalue weighted by Crippen LogP contribution is 2.19. The topological polar surface area (TPSA) is 54.8 Å². The molecule has 0 aliphatic rings. The van der Waals surface area contributed by atoms with E-state index in [9.17, 15) is 0 Å². The van der Waals surface area contributed by atoms with Crippen molar-refractivity contribution in [2.24, 2.45) is 0 Å². The summed E-state index contributed by atoms with van der Waals surface area (Å²) in [5.74, 6) is 0.817.